The summed E-state index contributed by atoms with van der Waals surface area (Å²) in [5, 5.41) is 22.0. The van der Waals surface area contributed by atoms with Crippen LogP contribution in [-0.4, -0.2) is 54.7 Å². The van der Waals surface area contributed by atoms with Gasteiger partial charge in [-0.2, -0.15) is 0 Å². The van der Waals surface area contributed by atoms with Gasteiger partial charge in [0.05, 0.1) is 12.4 Å². The van der Waals surface area contributed by atoms with Gasteiger partial charge in [-0.1, -0.05) is 12.8 Å². The third kappa shape index (κ3) is 5.76. The lowest BCUT2D eigenvalue weighted by molar-refractivity contribution is 0.157. The molecule has 0 aliphatic heterocycles. The van der Waals surface area contributed by atoms with Crippen molar-refractivity contribution in [3.63, 3.8) is 0 Å². The number of nitrogens with one attached hydrogen (secondary N) is 1. The number of aromatic nitrogens is 4. The Morgan fingerprint density at radius 3 is 2.61 bits per heavy atom. The van der Waals surface area contributed by atoms with E-state index in [0.29, 0.717) is 37.1 Å². The first-order chi connectivity index (χ1) is 13.5. The Bertz CT molecular complexity index is 854. The number of hydrogen-bond acceptors (Lipinski definition) is 6. The van der Waals surface area contributed by atoms with Crippen molar-refractivity contribution in [2.45, 2.75) is 57.6 Å². The maximum Gasteiger partial charge on any atom is 0.332 e. The molecule has 2 heterocycles. The summed E-state index contributed by atoms with van der Waals surface area (Å²) in [4.78, 5) is 29.1. The zero-order valence-electron chi connectivity index (χ0n) is 16.9. The van der Waals surface area contributed by atoms with Crippen molar-refractivity contribution in [2.75, 3.05) is 19.7 Å². The van der Waals surface area contributed by atoms with Crippen molar-refractivity contribution in [1.82, 2.24) is 24.0 Å². The van der Waals surface area contributed by atoms with E-state index in [2.05, 4.69) is 10.3 Å². The molecule has 0 aliphatic carbocycles. The summed E-state index contributed by atoms with van der Waals surface area (Å²) in [6.45, 7) is 1.99. The maximum absolute atomic E-state index is 12.6. The Morgan fingerprint density at radius 1 is 1.11 bits per heavy atom. The fourth-order valence-electron chi connectivity index (χ4n) is 3.33. The topological polar surface area (TPSA) is 114 Å². The number of nitrogens with zero attached hydrogens (tertiary/aromatic N) is 4. The van der Waals surface area contributed by atoms with Crippen molar-refractivity contribution >= 4 is 11.2 Å². The molecule has 9 heteroatoms. The molecule has 1 atom stereocenters. The van der Waals surface area contributed by atoms with E-state index in [4.69, 9.17) is 5.11 Å². The van der Waals surface area contributed by atoms with Crippen LogP contribution in [0.1, 0.15) is 44.9 Å². The van der Waals surface area contributed by atoms with Gasteiger partial charge in [0.1, 0.15) is 0 Å². The van der Waals surface area contributed by atoms with E-state index < -0.39 is 6.10 Å². The third-order valence-corrected chi connectivity index (χ3v) is 5.01. The van der Waals surface area contributed by atoms with Crippen LogP contribution in [0.5, 0.6) is 0 Å². The molecule has 0 amide bonds. The first kappa shape index (κ1) is 22.3. The highest BCUT2D eigenvalue weighted by molar-refractivity contribution is 5.69. The van der Waals surface area contributed by atoms with Crippen molar-refractivity contribution in [1.29, 1.82) is 0 Å². The Kier molecular flexibility index (Phi) is 8.88. The minimum Gasteiger partial charge on any atom is -0.396 e. The standard InChI is InChI=1S/C19H33N5O4/c1-22-14-21-17-16(22)18(27)24(19(28)23(17)2)11-7-5-9-15(26)13-20-10-6-3-4-8-12-25/h14-15,20,25-26H,3-13H2,1-2H3. The molecule has 0 saturated carbocycles. The minimum atomic E-state index is -0.434. The monoisotopic (exact) mass is 395 g/mol. The Hall–Kier alpha value is -1.97. The molecule has 0 fully saturated rings. The predicted octanol–water partition coefficient (Wildman–Crippen LogP) is 0.107. The summed E-state index contributed by atoms with van der Waals surface area (Å²) in [5.74, 6) is 0. The summed E-state index contributed by atoms with van der Waals surface area (Å²) in [5.41, 5.74) is 0.137. The molecule has 3 N–H and O–H groups in total. The Labute approximate surface area is 164 Å². The second-order valence-electron chi connectivity index (χ2n) is 7.32. The second-order valence-corrected chi connectivity index (χ2v) is 7.32. The van der Waals surface area contributed by atoms with E-state index in [0.717, 1.165) is 38.6 Å². The van der Waals surface area contributed by atoms with E-state index in [9.17, 15) is 14.7 Å². The highest BCUT2D eigenvalue weighted by atomic mass is 16.3. The molecule has 158 valence electrons. The van der Waals surface area contributed by atoms with Crippen LogP contribution >= 0.6 is 0 Å². The van der Waals surface area contributed by atoms with Crippen LogP contribution in [0.25, 0.3) is 11.2 Å². The van der Waals surface area contributed by atoms with Gasteiger partial charge in [-0.05, 0) is 38.6 Å². The number of rotatable bonds is 13. The number of hydrogen-bond donors (Lipinski definition) is 3. The van der Waals surface area contributed by atoms with Crippen LogP contribution in [0.3, 0.4) is 0 Å². The summed E-state index contributed by atoms with van der Waals surface area (Å²) in [7, 11) is 3.36. The molecule has 2 aromatic rings. The normalized spacial score (nSPS) is 12.7. The molecule has 2 aromatic heterocycles. The fourth-order valence-corrected chi connectivity index (χ4v) is 3.33. The summed E-state index contributed by atoms with van der Waals surface area (Å²) >= 11 is 0. The van der Waals surface area contributed by atoms with E-state index in [1.54, 1.807) is 18.7 Å². The number of aliphatic hydroxyl groups excluding tert-OH is 2. The summed E-state index contributed by atoms with van der Waals surface area (Å²) in [6, 6.07) is 0. The Morgan fingerprint density at radius 2 is 1.86 bits per heavy atom. The first-order valence-corrected chi connectivity index (χ1v) is 10.1. The lowest BCUT2D eigenvalue weighted by atomic mass is 10.1. The van der Waals surface area contributed by atoms with Gasteiger partial charge in [-0.15, -0.1) is 0 Å². The average Bonchev–Trinajstić information content (AvgIpc) is 3.06. The maximum atomic E-state index is 12.6. The van der Waals surface area contributed by atoms with Crippen LogP contribution in [-0.2, 0) is 20.6 Å². The van der Waals surface area contributed by atoms with Gasteiger partial charge in [0, 0.05) is 33.8 Å². The molecular weight excluding hydrogens is 362 g/mol. The minimum absolute atomic E-state index is 0.250. The molecule has 1 unspecified atom stereocenters. The average molecular weight is 396 g/mol. The highest BCUT2D eigenvalue weighted by Gasteiger charge is 2.14. The molecule has 0 aliphatic rings. The molecular formula is C19H33N5O4. The van der Waals surface area contributed by atoms with Crippen LogP contribution in [0.4, 0.5) is 0 Å². The van der Waals surface area contributed by atoms with Gasteiger partial charge in [0.15, 0.2) is 11.2 Å². The molecule has 9 nitrogen and oxygen atoms in total. The van der Waals surface area contributed by atoms with Crippen LogP contribution < -0.4 is 16.6 Å². The van der Waals surface area contributed by atoms with Crippen LogP contribution in [0, 0.1) is 0 Å². The van der Waals surface area contributed by atoms with Gasteiger partial charge < -0.3 is 20.1 Å². The fraction of sp³-hybridized carbons (Fsp3) is 0.737. The van der Waals surface area contributed by atoms with Gasteiger partial charge in [0.2, 0.25) is 0 Å². The zero-order valence-corrected chi connectivity index (χ0v) is 16.9. The largest absolute Gasteiger partial charge is 0.396 e. The molecule has 0 radical (unpaired) electrons. The molecule has 0 saturated heterocycles. The van der Waals surface area contributed by atoms with Crippen LogP contribution in [0.15, 0.2) is 15.9 Å². The second kappa shape index (κ2) is 11.1. The molecule has 0 bridgehead atoms. The summed E-state index contributed by atoms with van der Waals surface area (Å²) < 4.78 is 4.28. The molecule has 28 heavy (non-hydrogen) atoms. The molecule has 0 spiro atoms. The number of imidazole rings is 1. The zero-order chi connectivity index (χ0) is 20.5. The van der Waals surface area contributed by atoms with E-state index >= 15 is 0 Å². The Balaban J connectivity index is 1.74. The van der Waals surface area contributed by atoms with Crippen molar-refractivity contribution in [2.24, 2.45) is 14.1 Å². The van der Waals surface area contributed by atoms with E-state index in [1.807, 2.05) is 0 Å². The summed E-state index contributed by atoms with van der Waals surface area (Å²) in [6.07, 6.45) is 7.11. The van der Waals surface area contributed by atoms with Crippen molar-refractivity contribution in [3.05, 3.63) is 27.2 Å². The van der Waals surface area contributed by atoms with Gasteiger partial charge in [0.25, 0.3) is 5.56 Å². The lowest BCUT2D eigenvalue weighted by Crippen LogP contribution is -2.39. The quantitative estimate of drug-likeness (QED) is 0.415. The molecule has 2 rings (SSSR count). The number of unbranched alkanes of at least 4 members (excludes halogenated alkanes) is 4. The van der Waals surface area contributed by atoms with E-state index in [1.165, 1.54) is 15.5 Å². The van der Waals surface area contributed by atoms with Gasteiger partial charge in [-0.3, -0.25) is 13.9 Å². The highest BCUT2D eigenvalue weighted by Crippen LogP contribution is 2.05. The lowest BCUT2D eigenvalue weighted by Gasteiger charge is -2.12. The van der Waals surface area contributed by atoms with Gasteiger partial charge >= 0.3 is 5.69 Å². The number of aryl methyl sites for hydroxylation is 2. The number of fused-ring (bicyclic) bond motifs is 1. The molecule has 0 aromatic carbocycles. The predicted molar refractivity (Wildman–Crippen MR) is 108 cm³/mol. The van der Waals surface area contributed by atoms with Crippen molar-refractivity contribution in [3.8, 4) is 0 Å². The van der Waals surface area contributed by atoms with Crippen molar-refractivity contribution < 1.29 is 10.2 Å². The SMILES string of the molecule is Cn1cnc2c1c(=O)n(CCCCC(O)CNCCCCCCO)c(=O)n2C. The van der Waals surface area contributed by atoms with E-state index in [-0.39, 0.29) is 17.9 Å². The van der Waals surface area contributed by atoms with Gasteiger partial charge in [-0.25, -0.2) is 9.78 Å². The third-order valence-electron chi connectivity index (χ3n) is 5.01. The first-order valence-electron chi connectivity index (χ1n) is 10.1. The number of aliphatic hydroxyl groups is 2. The smallest absolute Gasteiger partial charge is 0.332 e. The van der Waals surface area contributed by atoms with Crippen LogP contribution in [0.2, 0.25) is 0 Å².